The molecule has 0 saturated heterocycles. The summed E-state index contributed by atoms with van der Waals surface area (Å²) < 4.78 is 39.8. The number of hydrogen-bond donors (Lipinski definition) is 1. The molecule has 1 aliphatic carbocycles. The van der Waals surface area contributed by atoms with E-state index in [4.69, 9.17) is 28.9 Å². The molecule has 1 aliphatic rings. The van der Waals surface area contributed by atoms with Crippen molar-refractivity contribution in [1.29, 1.82) is 0 Å². The predicted octanol–water partition coefficient (Wildman–Crippen LogP) is 4.06. The molecular weight excluding hydrogens is 420 g/mol. The van der Waals surface area contributed by atoms with Crippen LogP contribution >= 0.6 is 23.2 Å². The molecule has 0 radical (unpaired) electrons. The molecule has 0 aliphatic heterocycles. The first kappa shape index (κ1) is 19.8. The van der Waals surface area contributed by atoms with Gasteiger partial charge in [-0.15, -0.1) is 0 Å². The molecule has 6 nitrogen and oxygen atoms in total. The lowest BCUT2D eigenvalue weighted by Gasteiger charge is -2.13. The molecule has 11 heteroatoms. The second kappa shape index (κ2) is 7.25. The third kappa shape index (κ3) is 4.00. The molecule has 28 heavy (non-hydrogen) atoms. The van der Waals surface area contributed by atoms with E-state index in [1.807, 2.05) is 0 Å². The summed E-state index contributed by atoms with van der Waals surface area (Å²) >= 11 is 12.0. The van der Waals surface area contributed by atoms with E-state index in [2.05, 4.69) is 10.1 Å². The fourth-order valence-corrected chi connectivity index (χ4v) is 2.97. The van der Waals surface area contributed by atoms with Crippen molar-refractivity contribution in [2.24, 2.45) is 10.7 Å². The lowest BCUT2D eigenvalue weighted by Crippen LogP contribution is -2.12. The maximum Gasteiger partial charge on any atom is 0.416 e. The van der Waals surface area contributed by atoms with Gasteiger partial charge in [0.05, 0.1) is 21.3 Å². The largest absolute Gasteiger partial charge is 0.416 e. The third-order valence-corrected chi connectivity index (χ3v) is 4.16. The Balaban J connectivity index is 2.18. The number of benzene rings is 1. The molecule has 3 rings (SSSR count). The Bertz CT molecular complexity index is 1040. The number of allylic oxidation sites excluding steroid dienone is 4. The van der Waals surface area contributed by atoms with Crippen LogP contribution in [-0.2, 0) is 11.0 Å². The molecule has 2 aromatic rings. The van der Waals surface area contributed by atoms with Crippen molar-refractivity contribution in [3.8, 4) is 5.69 Å². The summed E-state index contributed by atoms with van der Waals surface area (Å²) in [5.74, 6) is -1.10. The molecule has 1 aromatic heterocycles. The highest BCUT2D eigenvalue weighted by molar-refractivity contribution is 6.38. The number of carbonyl (C=O) groups excluding carboxylic acids is 2. The standard InChI is InChI=1S/C17H9Cl2F3N4O2/c18-11-5-8(17(20,21)22)6-12(19)15(11)26-14(7-13(25-26)16(23)28)24-9-1-3-10(27)4-2-9/h1-7H,(H2,23,28). The number of carbonyl (C=O) groups is 2. The van der Waals surface area contributed by atoms with Gasteiger partial charge < -0.3 is 5.73 Å². The van der Waals surface area contributed by atoms with Crippen molar-refractivity contribution in [1.82, 2.24) is 9.78 Å². The zero-order chi connectivity index (χ0) is 20.6. The number of aromatic nitrogens is 2. The molecule has 0 unspecified atom stereocenters. The smallest absolute Gasteiger partial charge is 0.364 e. The number of nitrogens with two attached hydrogens (primary N) is 1. The number of aliphatic imine (C=N–C) groups is 1. The highest BCUT2D eigenvalue weighted by Gasteiger charge is 2.32. The second-order valence-corrected chi connectivity index (χ2v) is 6.37. The van der Waals surface area contributed by atoms with Crippen LogP contribution < -0.4 is 5.73 Å². The van der Waals surface area contributed by atoms with Crippen LogP contribution in [-0.4, -0.2) is 27.2 Å². The molecular formula is C17H9Cl2F3N4O2. The Morgan fingerprint density at radius 2 is 1.64 bits per heavy atom. The van der Waals surface area contributed by atoms with E-state index in [1.54, 1.807) is 0 Å². The molecule has 1 aromatic carbocycles. The van der Waals surface area contributed by atoms with E-state index < -0.39 is 17.6 Å². The molecule has 0 saturated carbocycles. The molecule has 144 valence electrons. The number of ketones is 1. The average molecular weight is 429 g/mol. The van der Waals surface area contributed by atoms with Gasteiger partial charge in [0, 0.05) is 6.07 Å². The summed E-state index contributed by atoms with van der Waals surface area (Å²) in [6.07, 6.45) is 0.722. The lowest BCUT2D eigenvalue weighted by molar-refractivity contribution is -0.137. The maximum absolute atomic E-state index is 12.9. The van der Waals surface area contributed by atoms with Gasteiger partial charge in [-0.05, 0) is 36.4 Å². The minimum absolute atomic E-state index is 0.0241. The summed E-state index contributed by atoms with van der Waals surface area (Å²) in [6.45, 7) is 0. The van der Waals surface area contributed by atoms with E-state index in [-0.39, 0.29) is 33.0 Å². The number of nitrogens with zero attached hydrogens (tertiary/aromatic N) is 3. The van der Waals surface area contributed by atoms with Crippen molar-refractivity contribution < 1.29 is 22.8 Å². The first-order valence-electron chi connectivity index (χ1n) is 7.51. The summed E-state index contributed by atoms with van der Waals surface area (Å²) in [6, 6.07) is 2.59. The fraction of sp³-hybridized carbons (Fsp3) is 0.0588. The normalized spacial score (nSPS) is 13.9. The van der Waals surface area contributed by atoms with Crippen molar-refractivity contribution in [3.63, 3.8) is 0 Å². The Labute approximate surface area is 165 Å². The molecule has 0 atom stereocenters. The topological polar surface area (TPSA) is 90.3 Å². The van der Waals surface area contributed by atoms with Crippen molar-refractivity contribution in [2.45, 2.75) is 6.18 Å². The van der Waals surface area contributed by atoms with Crippen LogP contribution in [0.3, 0.4) is 0 Å². The maximum atomic E-state index is 12.9. The number of primary amides is 1. The first-order chi connectivity index (χ1) is 13.1. The third-order valence-electron chi connectivity index (χ3n) is 3.58. The number of alkyl halides is 3. The minimum atomic E-state index is -4.65. The summed E-state index contributed by atoms with van der Waals surface area (Å²) in [7, 11) is 0. The van der Waals surface area contributed by atoms with Crippen LogP contribution in [0.25, 0.3) is 5.69 Å². The van der Waals surface area contributed by atoms with Gasteiger partial charge >= 0.3 is 6.18 Å². The van der Waals surface area contributed by atoms with Crippen molar-refractivity contribution in [2.75, 3.05) is 0 Å². The summed E-state index contributed by atoms with van der Waals surface area (Å²) in [4.78, 5) is 26.9. The summed E-state index contributed by atoms with van der Waals surface area (Å²) in [5, 5.41) is 3.23. The van der Waals surface area contributed by atoms with Gasteiger partial charge in [0.1, 0.15) is 5.69 Å². The zero-order valence-electron chi connectivity index (χ0n) is 13.7. The number of hydrogen-bond acceptors (Lipinski definition) is 4. The lowest BCUT2D eigenvalue weighted by atomic mass is 10.1. The van der Waals surface area contributed by atoms with Gasteiger partial charge in [0.15, 0.2) is 17.3 Å². The van der Waals surface area contributed by atoms with Gasteiger partial charge in [-0.3, -0.25) is 9.59 Å². The Morgan fingerprint density at radius 3 is 2.14 bits per heavy atom. The highest BCUT2D eigenvalue weighted by atomic mass is 35.5. The molecule has 0 fully saturated rings. The highest BCUT2D eigenvalue weighted by Crippen LogP contribution is 2.38. The van der Waals surface area contributed by atoms with Gasteiger partial charge in [-0.25, -0.2) is 9.67 Å². The number of rotatable bonds is 3. The van der Waals surface area contributed by atoms with Crippen LogP contribution in [0, 0.1) is 0 Å². The van der Waals surface area contributed by atoms with Gasteiger partial charge in [-0.1, -0.05) is 23.2 Å². The predicted molar refractivity (Wildman–Crippen MR) is 97.5 cm³/mol. The molecule has 1 amide bonds. The molecule has 0 spiro atoms. The fourth-order valence-electron chi connectivity index (χ4n) is 2.32. The van der Waals surface area contributed by atoms with Crippen molar-refractivity contribution in [3.05, 3.63) is 63.8 Å². The SMILES string of the molecule is NC(=O)c1cc(N=C2C=CC(=O)C=C2)n(-c2c(Cl)cc(C(F)(F)F)cc2Cl)n1. The Hall–Kier alpha value is -2.91. The second-order valence-electron chi connectivity index (χ2n) is 5.56. The van der Waals surface area contributed by atoms with Crippen LogP contribution in [0.4, 0.5) is 19.0 Å². The monoisotopic (exact) mass is 428 g/mol. The Morgan fingerprint density at radius 1 is 1.07 bits per heavy atom. The number of amides is 1. The zero-order valence-corrected chi connectivity index (χ0v) is 15.2. The first-order valence-corrected chi connectivity index (χ1v) is 8.27. The van der Waals surface area contributed by atoms with Crippen LogP contribution in [0.1, 0.15) is 16.1 Å². The van der Waals surface area contributed by atoms with E-state index in [0.717, 1.165) is 4.68 Å². The van der Waals surface area contributed by atoms with E-state index in [0.29, 0.717) is 17.8 Å². The molecule has 0 bridgehead atoms. The quantitative estimate of drug-likeness (QED) is 0.747. The van der Waals surface area contributed by atoms with Crippen molar-refractivity contribution >= 4 is 46.4 Å². The van der Waals surface area contributed by atoms with Gasteiger partial charge in [-0.2, -0.15) is 18.3 Å². The van der Waals surface area contributed by atoms with E-state index in [9.17, 15) is 22.8 Å². The van der Waals surface area contributed by atoms with Crippen LogP contribution in [0.5, 0.6) is 0 Å². The summed E-state index contributed by atoms with van der Waals surface area (Å²) in [5.41, 5.74) is 4.21. The average Bonchev–Trinajstić information content (AvgIpc) is 2.99. The Kier molecular flexibility index (Phi) is 5.14. The van der Waals surface area contributed by atoms with Crippen LogP contribution in [0.15, 0.2) is 47.5 Å². The minimum Gasteiger partial charge on any atom is -0.364 e. The number of halogens is 5. The van der Waals surface area contributed by atoms with E-state index >= 15 is 0 Å². The molecule has 2 N–H and O–H groups in total. The van der Waals surface area contributed by atoms with Crippen LogP contribution in [0.2, 0.25) is 10.0 Å². The van der Waals surface area contributed by atoms with E-state index in [1.165, 1.54) is 30.4 Å². The molecule has 1 heterocycles. The van der Waals surface area contributed by atoms with Gasteiger partial charge in [0.25, 0.3) is 5.91 Å². The van der Waals surface area contributed by atoms with Gasteiger partial charge in [0.2, 0.25) is 0 Å².